The molecule has 6 nitrogen and oxygen atoms in total. The van der Waals surface area contributed by atoms with Crippen LogP contribution in [0.1, 0.15) is 137 Å². The number of carbonyl (C=O) groups is 2. The smallest absolute Gasteiger partial charge is 0.219 e. The molecule has 0 saturated heterocycles. The fraction of sp³-hybridized carbons (Fsp3) is 0.935. The van der Waals surface area contributed by atoms with Crippen molar-refractivity contribution in [2.24, 2.45) is 11.8 Å². The first-order valence-corrected chi connectivity index (χ1v) is 15.4. The molecule has 0 aliphatic heterocycles. The zero-order valence-corrected chi connectivity index (χ0v) is 25.6. The molecule has 6 heteroatoms. The summed E-state index contributed by atoms with van der Waals surface area (Å²) in [5.41, 5.74) is 0. The van der Waals surface area contributed by atoms with Gasteiger partial charge >= 0.3 is 0 Å². The van der Waals surface area contributed by atoms with E-state index in [1.54, 1.807) is 14.2 Å². The fourth-order valence-corrected chi connectivity index (χ4v) is 4.17. The highest BCUT2D eigenvalue weighted by Crippen LogP contribution is 2.15. The topological polar surface area (TPSA) is 76.7 Å². The second kappa shape index (κ2) is 31.1. The van der Waals surface area contributed by atoms with Crippen LogP contribution in [0.4, 0.5) is 0 Å². The van der Waals surface area contributed by atoms with Crippen LogP contribution >= 0.6 is 0 Å². The maximum atomic E-state index is 11.5. The van der Waals surface area contributed by atoms with Gasteiger partial charge in [-0.25, -0.2) is 0 Å². The fourth-order valence-electron chi connectivity index (χ4n) is 4.17. The average Bonchev–Trinajstić information content (AvgIpc) is 2.89. The molecule has 0 spiro atoms. The maximum Gasteiger partial charge on any atom is 0.219 e. The molecule has 2 atom stereocenters. The van der Waals surface area contributed by atoms with Gasteiger partial charge in [0.05, 0.1) is 0 Å². The Morgan fingerprint density at radius 2 is 1.03 bits per heavy atom. The Labute approximate surface area is 230 Å². The van der Waals surface area contributed by atoms with E-state index in [0.717, 1.165) is 63.8 Å². The van der Waals surface area contributed by atoms with Crippen molar-refractivity contribution in [3.8, 4) is 0 Å². The summed E-state index contributed by atoms with van der Waals surface area (Å²) in [5.74, 6) is 2.10. The standard InChI is InChI=1S/C16H33NO2.C15H31NO2/c1-4-10-15(2)11-7-5-6-8-12-16(18)17-13-9-14-19-3;1-4-14(2)10-7-5-6-8-11-15(17)16-12-9-13-18-3/h15H,4-14H2,1-3H3,(H,17,18);14H,4-13H2,1-3H3,(H,16,17). The summed E-state index contributed by atoms with van der Waals surface area (Å²) in [5, 5.41) is 5.84. The van der Waals surface area contributed by atoms with E-state index < -0.39 is 0 Å². The largest absolute Gasteiger partial charge is 0.385 e. The summed E-state index contributed by atoms with van der Waals surface area (Å²) in [7, 11) is 3.37. The minimum absolute atomic E-state index is 0.188. The minimum atomic E-state index is 0.188. The van der Waals surface area contributed by atoms with Crippen LogP contribution in [0.15, 0.2) is 0 Å². The van der Waals surface area contributed by atoms with Crippen molar-refractivity contribution in [1.29, 1.82) is 0 Å². The van der Waals surface area contributed by atoms with Crippen molar-refractivity contribution in [2.75, 3.05) is 40.5 Å². The molecule has 37 heavy (non-hydrogen) atoms. The zero-order chi connectivity index (χ0) is 28.0. The number of hydrogen-bond acceptors (Lipinski definition) is 4. The van der Waals surface area contributed by atoms with Gasteiger partial charge in [-0.2, -0.15) is 0 Å². The van der Waals surface area contributed by atoms with Gasteiger partial charge in [-0.1, -0.05) is 98.3 Å². The van der Waals surface area contributed by atoms with E-state index in [0.29, 0.717) is 12.8 Å². The third-order valence-electron chi connectivity index (χ3n) is 6.87. The van der Waals surface area contributed by atoms with Crippen LogP contribution in [0.5, 0.6) is 0 Å². The quantitative estimate of drug-likeness (QED) is 0.121. The van der Waals surface area contributed by atoms with Crippen LogP contribution in [0.3, 0.4) is 0 Å². The Morgan fingerprint density at radius 1 is 0.595 bits per heavy atom. The molecule has 0 aromatic heterocycles. The summed E-state index contributed by atoms with van der Waals surface area (Å²) in [4.78, 5) is 22.9. The Kier molecular flexibility index (Phi) is 31.9. The highest BCUT2D eigenvalue weighted by atomic mass is 16.5. The maximum absolute atomic E-state index is 11.5. The van der Waals surface area contributed by atoms with Crippen molar-refractivity contribution in [1.82, 2.24) is 10.6 Å². The van der Waals surface area contributed by atoms with Crippen molar-refractivity contribution in [3.63, 3.8) is 0 Å². The molecule has 0 radical (unpaired) electrons. The lowest BCUT2D eigenvalue weighted by atomic mass is 9.98. The number of carbonyl (C=O) groups excluding carboxylic acids is 2. The molecule has 0 aliphatic carbocycles. The van der Waals surface area contributed by atoms with Crippen LogP contribution in [0.25, 0.3) is 0 Å². The first kappa shape index (κ1) is 38.0. The number of ether oxygens (including phenoxy) is 2. The van der Waals surface area contributed by atoms with Crippen LogP contribution in [0.2, 0.25) is 0 Å². The first-order valence-electron chi connectivity index (χ1n) is 15.4. The van der Waals surface area contributed by atoms with Gasteiger partial charge in [-0.15, -0.1) is 0 Å². The lowest BCUT2D eigenvalue weighted by Crippen LogP contribution is -2.24. The third kappa shape index (κ3) is 32.8. The van der Waals surface area contributed by atoms with Gasteiger partial charge in [0.15, 0.2) is 0 Å². The second-order valence-corrected chi connectivity index (χ2v) is 10.7. The number of unbranched alkanes of at least 4 members (excludes halogenated alkanes) is 6. The lowest BCUT2D eigenvalue weighted by molar-refractivity contribution is -0.122. The number of methoxy groups -OCH3 is 2. The number of nitrogens with one attached hydrogen (secondary N) is 2. The van der Waals surface area contributed by atoms with E-state index in [4.69, 9.17) is 9.47 Å². The molecule has 0 aromatic carbocycles. The van der Waals surface area contributed by atoms with Gasteiger partial charge in [-0.05, 0) is 37.5 Å². The summed E-state index contributed by atoms with van der Waals surface area (Å²) in [6, 6.07) is 0. The zero-order valence-electron chi connectivity index (χ0n) is 25.6. The molecule has 0 saturated carbocycles. The second-order valence-electron chi connectivity index (χ2n) is 10.7. The Balaban J connectivity index is 0. The van der Waals surface area contributed by atoms with E-state index in [1.807, 2.05) is 0 Å². The van der Waals surface area contributed by atoms with Crippen LogP contribution < -0.4 is 10.6 Å². The van der Waals surface area contributed by atoms with Crippen molar-refractivity contribution in [3.05, 3.63) is 0 Å². The number of amides is 2. The number of rotatable bonds is 25. The van der Waals surface area contributed by atoms with Crippen LogP contribution in [-0.4, -0.2) is 52.3 Å². The molecular formula is C31H64N2O4. The SMILES string of the molecule is CCC(C)CCCCCCC(=O)NCCCOC.CCCC(C)CCCCCCC(=O)NCCCOC. The molecule has 0 fully saturated rings. The number of hydrogen-bond donors (Lipinski definition) is 2. The third-order valence-corrected chi connectivity index (χ3v) is 6.87. The predicted octanol–water partition coefficient (Wildman–Crippen LogP) is 7.44. The molecule has 2 amide bonds. The Bertz CT molecular complexity index is 488. The van der Waals surface area contributed by atoms with E-state index in [1.165, 1.54) is 70.6 Å². The summed E-state index contributed by atoms with van der Waals surface area (Å²) < 4.78 is 9.86. The highest BCUT2D eigenvalue weighted by Gasteiger charge is 2.03. The molecule has 0 aliphatic rings. The van der Waals surface area contributed by atoms with Crippen LogP contribution in [-0.2, 0) is 19.1 Å². The minimum Gasteiger partial charge on any atom is -0.385 e. The van der Waals surface area contributed by atoms with Gasteiger partial charge in [0.25, 0.3) is 0 Å². The highest BCUT2D eigenvalue weighted by molar-refractivity contribution is 5.76. The predicted molar refractivity (Wildman–Crippen MR) is 158 cm³/mol. The van der Waals surface area contributed by atoms with Crippen molar-refractivity contribution in [2.45, 2.75) is 137 Å². The van der Waals surface area contributed by atoms with Crippen LogP contribution in [0, 0.1) is 11.8 Å². The van der Waals surface area contributed by atoms with Gasteiger partial charge in [0.1, 0.15) is 0 Å². The van der Waals surface area contributed by atoms with E-state index in [2.05, 4.69) is 38.3 Å². The van der Waals surface area contributed by atoms with E-state index in [-0.39, 0.29) is 11.8 Å². The summed E-state index contributed by atoms with van der Waals surface area (Å²) >= 11 is 0. The molecule has 0 rings (SSSR count). The van der Waals surface area contributed by atoms with Crippen molar-refractivity contribution < 1.29 is 19.1 Å². The van der Waals surface area contributed by atoms with E-state index in [9.17, 15) is 9.59 Å². The molecule has 2 unspecified atom stereocenters. The molecule has 0 bridgehead atoms. The summed E-state index contributed by atoms with van der Waals surface area (Å²) in [6.45, 7) is 12.1. The average molecular weight is 529 g/mol. The van der Waals surface area contributed by atoms with Gasteiger partial charge in [0.2, 0.25) is 11.8 Å². The van der Waals surface area contributed by atoms with Gasteiger partial charge < -0.3 is 20.1 Å². The van der Waals surface area contributed by atoms with Gasteiger partial charge in [0, 0.05) is 53.4 Å². The monoisotopic (exact) mass is 528 g/mol. The molecule has 2 N–H and O–H groups in total. The summed E-state index contributed by atoms with van der Waals surface area (Å²) in [6.07, 6.45) is 19.3. The normalized spacial score (nSPS) is 12.4. The molecule has 0 heterocycles. The molecular weight excluding hydrogens is 464 g/mol. The Hall–Kier alpha value is -1.14. The first-order chi connectivity index (χ1) is 17.9. The van der Waals surface area contributed by atoms with Gasteiger partial charge in [-0.3, -0.25) is 9.59 Å². The molecule has 222 valence electrons. The lowest BCUT2D eigenvalue weighted by Gasteiger charge is -2.09. The van der Waals surface area contributed by atoms with E-state index >= 15 is 0 Å². The molecule has 0 aromatic rings. The van der Waals surface area contributed by atoms with Crippen molar-refractivity contribution >= 4 is 11.8 Å². The Morgan fingerprint density at radius 3 is 1.43 bits per heavy atom.